The Kier molecular flexibility index (Phi) is 12.6. The summed E-state index contributed by atoms with van der Waals surface area (Å²) in [7, 11) is 0. The van der Waals surface area contributed by atoms with E-state index >= 15 is 0 Å². The molecule has 0 atom stereocenters. The van der Waals surface area contributed by atoms with Crippen LogP contribution in [0.1, 0.15) is 59.3 Å². The minimum absolute atomic E-state index is 0.0516. The molecule has 1 fully saturated rings. The van der Waals surface area contributed by atoms with Crippen LogP contribution in [-0.4, -0.2) is 18.8 Å². The quantitative estimate of drug-likeness (QED) is 0.841. The van der Waals surface area contributed by atoms with Crippen molar-refractivity contribution in [3.63, 3.8) is 0 Å². The average molecular weight is 279 g/mol. The van der Waals surface area contributed by atoms with Crippen molar-refractivity contribution >= 4 is 0 Å². The molecule has 1 aliphatic rings. The first kappa shape index (κ1) is 19.1. The van der Waals surface area contributed by atoms with Crippen molar-refractivity contribution in [2.24, 2.45) is 5.73 Å². The highest BCUT2D eigenvalue weighted by molar-refractivity contribution is 4.99. The Morgan fingerprint density at radius 2 is 1.20 bits per heavy atom. The predicted molar refractivity (Wildman–Crippen MR) is 88.9 cm³/mol. The normalized spacial score (nSPS) is 15.0. The maximum atomic E-state index is 5.86. The van der Waals surface area contributed by atoms with Crippen molar-refractivity contribution in [1.29, 1.82) is 0 Å². The molecule has 0 spiro atoms. The molecule has 1 aliphatic heterocycles. The van der Waals surface area contributed by atoms with Crippen LogP contribution in [0.15, 0.2) is 36.4 Å². The van der Waals surface area contributed by atoms with Gasteiger partial charge in [-0.25, -0.2) is 0 Å². The molecule has 0 aliphatic carbocycles. The van der Waals surface area contributed by atoms with E-state index in [9.17, 15) is 0 Å². The Balaban J connectivity index is 0.000000288. The lowest BCUT2D eigenvalue weighted by Gasteiger charge is -2.37. The summed E-state index contributed by atoms with van der Waals surface area (Å²) in [6.45, 7) is 8.15. The monoisotopic (exact) mass is 279 g/mol. The van der Waals surface area contributed by atoms with Crippen LogP contribution in [0.4, 0.5) is 0 Å². The summed E-state index contributed by atoms with van der Waals surface area (Å²) in [5.41, 5.74) is 5.92. The molecule has 0 unspecified atom stereocenters. The molecule has 0 saturated carbocycles. The van der Waals surface area contributed by atoms with E-state index in [1.807, 2.05) is 36.4 Å². The van der Waals surface area contributed by atoms with Gasteiger partial charge < -0.3 is 10.5 Å². The number of benzene rings is 1. The Labute approximate surface area is 125 Å². The Hall–Kier alpha value is -0.860. The van der Waals surface area contributed by atoms with Crippen LogP contribution in [0.5, 0.6) is 0 Å². The van der Waals surface area contributed by atoms with Gasteiger partial charge in [-0.3, -0.25) is 0 Å². The van der Waals surface area contributed by atoms with Gasteiger partial charge in [0.2, 0.25) is 0 Å². The number of hydrogen-bond acceptors (Lipinski definition) is 2. The number of ether oxygens (including phenoxy) is 1. The smallest absolute Gasteiger partial charge is 0.0669 e. The SMILES string of the molecule is CCCCC.CCCCC1(N)COC1.c1ccccc1. The third kappa shape index (κ3) is 11.0. The van der Waals surface area contributed by atoms with E-state index in [-0.39, 0.29) is 5.54 Å². The highest BCUT2D eigenvalue weighted by Crippen LogP contribution is 2.19. The molecule has 1 aromatic rings. The molecule has 1 heterocycles. The van der Waals surface area contributed by atoms with Gasteiger partial charge >= 0.3 is 0 Å². The molecule has 0 aromatic heterocycles. The lowest BCUT2D eigenvalue weighted by atomic mass is 9.92. The number of rotatable bonds is 5. The van der Waals surface area contributed by atoms with E-state index < -0.39 is 0 Å². The summed E-state index contributed by atoms with van der Waals surface area (Å²) in [6, 6.07) is 12.0. The fourth-order valence-corrected chi connectivity index (χ4v) is 1.78. The summed E-state index contributed by atoms with van der Waals surface area (Å²) >= 11 is 0. The molecule has 0 bridgehead atoms. The largest absolute Gasteiger partial charge is 0.377 e. The lowest BCUT2D eigenvalue weighted by molar-refractivity contribution is -0.0580. The summed E-state index contributed by atoms with van der Waals surface area (Å²) in [5, 5.41) is 0. The highest BCUT2D eigenvalue weighted by Gasteiger charge is 2.32. The Bertz CT molecular complexity index is 254. The van der Waals surface area contributed by atoms with Crippen molar-refractivity contribution in [3.05, 3.63) is 36.4 Å². The van der Waals surface area contributed by atoms with Gasteiger partial charge in [-0.2, -0.15) is 0 Å². The number of hydrogen-bond donors (Lipinski definition) is 1. The minimum Gasteiger partial charge on any atom is -0.377 e. The first-order chi connectivity index (χ1) is 9.68. The van der Waals surface area contributed by atoms with Gasteiger partial charge in [-0.15, -0.1) is 0 Å². The predicted octanol–water partition coefficient (Wildman–Crippen LogP) is 4.79. The maximum Gasteiger partial charge on any atom is 0.0669 e. The molecular formula is C18H33NO. The summed E-state index contributed by atoms with van der Waals surface area (Å²) in [4.78, 5) is 0. The van der Waals surface area contributed by atoms with Crippen molar-refractivity contribution in [1.82, 2.24) is 0 Å². The maximum absolute atomic E-state index is 5.86. The Morgan fingerprint density at radius 1 is 0.800 bits per heavy atom. The van der Waals surface area contributed by atoms with Gasteiger partial charge in [-0.05, 0) is 6.42 Å². The van der Waals surface area contributed by atoms with Crippen molar-refractivity contribution in [2.45, 2.75) is 64.8 Å². The second-order valence-corrected chi connectivity index (χ2v) is 5.47. The third-order valence-corrected chi connectivity index (χ3v) is 3.18. The molecule has 1 saturated heterocycles. The lowest BCUT2D eigenvalue weighted by Crippen LogP contribution is -2.57. The molecule has 2 heteroatoms. The van der Waals surface area contributed by atoms with Crippen molar-refractivity contribution in [3.8, 4) is 0 Å². The summed E-state index contributed by atoms with van der Waals surface area (Å²) in [5.74, 6) is 0. The zero-order valence-corrected chi connectivity index (χ0v) is 13.6. The van der Waals surface area contributed by atoms with Gasteiger partial charge in [0.15, 0.2) is 0 Å². The molecule has 0 radical (unpaired) electrons. The second kappa shape index (κ2) is 13.1. The molecule has 20 heavy (non-hydrogen) atoms. The molecule has 2 rings (SSSR count). The van der Waals surface area contributed by atoms with Gasteiger partial charge in [0, 0.05) is 0 Å². The van der Waals surface area contributed by atoms with Gasteiger partial charge in [0.25, 0.3) is 0 Å². The van der Waals surface area contributed by atoms with E-state index in [2.05, 4.69) is 20.8 Å². The fraction of sp³-hybridized carbons (Fsp3) is 0.667. The second-order valence-electron chi connectivity index (χ2n) is 5.47. The zero-order valence-electron chi connectivity index (χ0n) is 13.6. The standard InChI is InChI=1S/C7H15NO.C6H6.C5H12/c1-2-3-4-7(8)5-9-6-7;1-2-4-6-5-3-1;1-3-5-4-2/h2-6,8H2,1H3;1-6H;3-5H2,1-2H3. The average Bonchev–Trinajstić information content (AvgIpc) is 2.47. The van der Waals surface area contributed by atoms with Gasteiger partial charge in [0.05, 0.1) is 18.8 Å². The van der Waals surface area contributed by atoms with Gasteiger partial charge in [-0.1, -0.05) is 89.3 Å². The molecule has 116 valence electrons. The van der Waals surface area contributed by atoms with Crippen LogP contribution in [-0.2, 0) is 4.74 Å². The van der Waals surface area contributed by atoms with Crippen molar-refractivity contribution in [2.75, 3.05) is 13.2 Å². The molecule has 2 nitrogen and oxygen atoms in total. The third-order valence-electron chi connectivity index (χ3n) is 3.18. The molecular weight excluding hydrogens is 246 g/mol. The first-order valence-corrected chi connectivity index (χ1v) is 8.05. The highest BCUT2D eigenvalue weighted by atomic mass is 16.5. The van der Waals surface area contributed by atoms with Crippen LogP contribution in [0.2, 0.25) is 0 Å². The molecule has 0 amide bonds. The summed E-state index contributed by atoms with van der Waals surface area (Å²) in [6.07, 6.45) is 7.68. The van der Waals surface area contributed by atoms with E-state index in [1.165, 1.54) is 32.1 Å². The first-order valence-electron chi connectivity index (χ1n) is 8.05. The van der Waals surface area contributed by atoms with Crippen LogP contribution in [0.25, 0.3) is 0 Å². The fourth-order valence-electron chi connectivity index (χ4n) is 1.78. The Morgan fingerprint density at radius 3 is 1.40 bits per heavy atom. The van der Waals surface area contributed by atoms with E-state index in [0.717, 1.165) is 19.6 Å². The van der Waals surface area contributed by atoms with E-state index in [0.29, 0.717) is 0 Å². The van der Waals surface area contributed by atoms with Crippen LogP contribution < -0.4 is 5.73 Å². The molecule has 1 aromatic carbocycles. The number of nitrogens with two attached hydrogens (primary N) is 1. The van der Waals surface area contributed by atoms with Gasteiger partial charge in [0.1, 0.15) is 0 Å². The van der Waals surface area contributed by atoms with Crippen LogP contribution in [0.3, 0.4) is 0 Å². The summed E-state index contributed by atoms with van der Waals surface area (Å²) < 4.78 is 5.01. The van der Waals surface area contributed by atoms with Crippen LogP contribution in [0, 0.1) is 0 Å². The minimum atomic E-state index is 0.0516. The zero-order chi connectivity index (χ0) is 15.1. The topological polar surface area (TPSA) is 35.2 Å². The molecule has 2 N–H and O–H groups in total. The number of unbranched alkanes of at least 4 members (excludes halogenated alkanes) is 3. The van der Waals surface area contributed by atoms with Crippen LogP contribution >= 0.6 is 0 Å². The van der Waals surface area contributed by atoms with Crippen molar-refractivity contribution < 1.29 is 4.74 Å². The van der Waals surface area contributed by atoms with E-state index in [4.69, 9.17) is 10.5 Å². The van der Waals surface area contributed by atoms with E-state index in [1.54, 1.807) is 0 Å².